The number of carbonyl (C=O) groups excluding carboxylic acids is 1. The second-order valence-corrected chi connectivity index (χ2v) is 6.68. The lowest BCUT2D eigenvalue weighted by Crippen LogP contribution is -2.39. The molecule has 0 saturated heterocycles. The number of aryl methyl sites for hydroxylation is 2. The SMILES string of the molecule is CCC(Oc1cc(C)cc(C)c1)C(=O)NC(C)c1cc(OC)ccc1OC. The zero-order valence-electron chi connectivity index (χ0n) is 17.0. The van der Waals surface area contributed by atoms with Gasteiger partial charge in [-0.15, -0.1) is 0 Å². The third kappa shape index (κ3) is 5.39. The van der Waals surface area contributed by atoms with Gasteiger partial charge in [0.1, 0.15) is 17.2 Å². The molecule has 0 aliphatic carbocycles. The highest BCUT2D eigenvalue weighted by atomic mass is 16.5. The fourth-order valence-corrected chi connectivity index (χ4v) is 3.05. The van der Waals surface area contributed by atoms with Crippen LogP contribution in [0.4, 0.5) is 0 Å². The van der Waals surface area contributed by atoms with Gasteiger partial charge in [0.05, 0.1) is 20.3 Å². The van der Waals surface area contributed by atoms with Crippen molar-refractivity contribution in [3.8, 4) is 17.2 Å². The van der Waals surface area contributed by atoms with E-state index >= 15 is 0 Å². The average molecular weight is 371 g/mol. The lowest BCUT2D eigenvalue weighted by atomic mass is 10.1. The molecule has 2 aromatic carbocycles. The van der Waals surface area contributed by atoms with E-state index in [9.17, 15) is 4.79 Å². The summed E-state index contributed by atoms with van der Waals surface area (Å²) in [6.07, 6.45) is 0.00565. The van der Waals surface area contributed by atoms with Crippen molar-refractivity contribution in [3.05, 3.63) is 53.1 Å². The highest BCUT2D eigenvalue weighted by molar-refractivity contribution is 5.81. The monoisotopic (exact) mass is 371 g/mol. The van der Waals surface area contributed by atoms with E-state index < -0.39 is 6.10 Å². The molecule has 0 spiro atoms. The summed E-state index contributed by atoms with van der Waals surface area (Å²) in [5.74, 6) is 1.97. The van der Waals surface area contributed by atoms with Crippen LogP contribution in [0, 0.1) is 13.8 Å². The van der Waals surface area contributed by atoms with Crippen LogP contribution in [0.25, 0.3) is 0 Å². The molecule has 2 atom stereocenters. The maximum absolute atomic E-state index is 12.8. The Hall–Kier alpha value is -2.69. The maximum atomic E-state index is 12.8. The third-order valence-corrected chi connectivity index (χ3v) is 4.40. The molecule has 5 nitrogen and oxygen atoms in total. The van der Waals surface area contributed by atoms with Crippen molar-refractivity contribution >= 4 is 5.91 Å². The molecule has 1 amide bonds. The minimum Gasteiger partial charge on any atom is -0.497 e. The summed E-state index contributed by atoms with van der Waals surface area (Å²) in [6.45, 7) is 7.87. The molecule has 0 bridgehead atoms. The second-order valence-electron chi connectivity index (χ2n) is 6.68. The fourth-order valence-electron chi connectivity index (χ4n) is 3.05. The second kappa shape index (κ2) is 9.31. The Morgan fingerprint density at radius 1 is 1.00 bits per heavy atom. The van der Waals surface area contributed by atoms with E-state index in [2.05, 4.69) is 11.4 Å². The first-order valence-corrected chi connectivity index (χ1v) is 9.15. The number of methoxy groups -OCH3 is 2. The zero-order chi connectivity index (χ0) is 20.0. The first kappa shape index (κ1) is 20.6. The van der Waals surface area contributed by atoms with Gasteiger partial charge in [-0.25, -0.2) is 0 Å². The van der Waals surface area contributed by atoms with Gasteiger partial charge in [0, 0.05) is 5.56 Å². The van der Waals surface area contributed by atoms with E-state index in [0.717, 1.165) is 16.7 Å². The van der Waals surface area contributed by atoms with E-state index in [0.29, 0.717) is 23.7 Å². The van der Waals surface area contributed by atoms with Crippen LogP contribution in [-0.4, -0.2) is 26.2 Å². The van der Waals surface area contributed by atoms with Gasteiger partial charge >= 0.3 is 0 Å². The van der Waals surface area contributed by atoms with E-state index in [4.69, 9.17) is 14.2 Å². The first-order valence-electron chi connectivity index (χ1n) is 9.15. The predicted octanol–water partition coefficient (Wildman–Crippen LogP) is 4.36. The van der Waals surface area contributed by atoms with Gasteiger partial charge in [0.15, 0.2) is 6.10 Å². The number of nitrogens with one attached hydrogen (secondary N) is 1. The molecule has 0 radical (unpaired) electrons. The van der Waals surface area contributed by atoms with Gasteiger partial charge < -0.3 is 19.5 Å². The Bertz CT molecular complexity index is 768. The summed E-state index contributed by atoms with van der Waals surface area (Å²) in [5.41, 5.74) is 3.07. The van der Waals surface area contributed by atoms with Gasteiger partial charge in [0.2, 0.25) is 0 Å². The number of hydrogen-bond acceptors (Lipinski definition) is 4. The van der Waals surface area contributed by atoms with E-state index in [1.165, 1.54) is 0 Å². The van der Waals surface area contributed by atoms with Crippen molar-refractivity contribution < 1.29 is 19.0 Å². The Morgan fingerprint density at radius 2 is 1.67 bits per heavy atom. The van der Waals surface area contributed by atoms with Gasteiger partial charge in [0.25, 0.3) is 5.91 Å². The number of rotatable bonds is 8. The van der Waals surface area contributed by atoms with Crippen molar-refractivity contribution in [2.75, 3.05) is 14.2 Å². The minimum absolute atomic E-state index is 0.158. The smallest absolute Gasteiger partial charge is 0.261 e. The van der Waals surface area contributed by atoms with Crippen molar-refractivity contribution in [2.45, 2.75) is 46.3 Å². The van der Waals surface area contributed by atoms with Crippen molar-refractivity contribution in [3.63, 3.8) is 0 Å². The molecule has 2 rings (SSSR count). The molecule has 0 saturated carbocycles. The maximum Gasteiger partial charge on any atom is 0.261 e. The normalized spacial score (nSPS) is 12.8. The third-order valence-electron chi connectivity index (χ3n) is 4.40. The molecular formula is C22H29NO4. The largest absolute Gasteiger partial charge is 0.497 e. The predicted molar refractivity (Wildman–Crippen MR) is 107 cm³/mol. The van der Waals surface area contributed by atoms with Crippen molar-refractivity contribution in [1.82, 2.24) is 5.32 Å². The molecular weight excluding hydrogens is 342 g/mol. The standard InChI is InChI=1S/C22H29NO4/c1-7-20(27-18-11-14(2)10-15(3)12-18)22(24)23-16(4)19-13-17(25-5)8-9-21(19)26-6/h8-13,16,20H,7H2,1-6H3,(H,23,24). The molecule has 1 N–H and O–H groups in total. The Morgan fingerprint density at radius 3 is 2.22 bits per heavy atom. The first-order chi connectivity index (χ1) is 12.9. The van der Waals surface area contributed by atoms with Crippen molar-refractivity contribution in [2.24, 2.45) is 0 Å². The molecule has 0 heterocycles. The van der Waals surface area contributed by atoms with Gasteiger partial charge in [-0.3, -0.25) is 4.79 Å². The Kier molecular flexibility index (Phi) is 7.11. The lowest BCUT2D eigenvalue weighted by molar-refractivity contribution is -0.128. The van der Waals surface area contributed by atoms with Crippen LogP contribution in [0.5, 0.6) is 17.2 Å². The van der Waals surface area contributed by atoms with E-state index in [1.54, 1.807) is 14.2 Å². The molecule has 2 unspecified atom stereocenters. The molecule has 0 aliphatic heterocycles. The van der Waals surface area contributed by atoms with Crippen LogP contribution in [-0.2, 0) is 4.79 Å². The van der Waals surface area contributed by atoms with Crippen LogP contribution in [0.3, 0.4) is 0 Å². The molecule has 0 aliphatic rings. The molecule has 5 heteroatoms. The summed E-state index contributed by atoms with van der Waals surface area (Å²) < 4.78 is 16.7. The minimum atomic E-state index is -0.565. The summed E-state index contributed by atoms with van der Waals surface area (Å²) in [5, 5.41) is 3.02. The number of hydrogen-bond donors (Lipinski definition) is 1. The molecule has 146 valence electrons. The quantitative estimate of drug-likeness (QED) is 0.749. The van der Waals surface area contributed by atoms with Gasteiger partial charge in [-0.2, -0.15) is 0 Å². The molecule has 0 aromatic heterocycles. The summed E-state index contributed by atoms with van der Waals surface area (Å²) >= 11 is 0. The summed E-state index contributed by atoms with van der Waals surface area (Å²) in [7, 11) is 3.22. The summed E-state index contributed by atoms with van der Waals surface area (Å²) in [4.78, 5) is 12.8. The number of benzene rings is 2. The topological polar surface area (TPSA) is 56.8 Å². The van der Waals surface area contributed by atoms with Crippen LogP contribution in [0.15, 0.2) is 36.4 Å². The fraction of sp³-hybridized carbons (Fsp3) is 0.409. The highest BCUT2D eigenvalue weighted by Gasteiger charge is 2.22. The number of carbonyl (C=O) groups is 1. The van der Waals surface area contributed by atoms with Crippen molar-refractivity contribution in [1.29, 1.82) is 0 Å². The molecule has 27 heavy (non-hydrogen) atoms. The van der Waals surface area contributed by atoms with E-state index in [1.807, 2.05) is 58.0 Å². The number of ether oxygens (including phenoxy) is 3. The molecule has 0 fully saturated rings. The molecule has 2 aromatic rings. The highest BCUT2D eigenvalue weighted by Crippen LogP contribution is 2.29. The lowest BCUT2D eigenvalue weighted by Gasteiger charge is -2.22. The van der Waals surface area contributed by atoms with E-state index in [-0.39, 0.29) is 11.9 Å². The Labute approximate surface area is 161 Å². The number of amides is 1. The van der Waals surface area contributed by atoms with Crippen LogP contribution >= 0.6 is 0 Å². The Balaban J connectivity index is 2.14. The van der Waals surface area contributed by atoms with Gasteiger partial charge in [-0.1, -0.05) is 13.0 Å². The summed E-state index contributed by atoms with van der Waals surface area (Å²) in [6, 6.07) is 11.2. The average Bonchev–Trinajstić information content (AvgIpc) is 2.64. The van der Waals surface area contributed by atoms with Crippen LogP contribution < -0.4 is 19.5 Å². The van der Waals surface area contributed by atoms with Crippen LogP contribution in [0.2, 0.25) is 0 Å². The van der Waals surface area contributed by atoms with Crippen LogP contribution in [0.1, 0.15) is 43.0 Å². The zero-order valence-corrected chi connectivity index (χ0v) is 17.0. The van der Waals surface area contributed by atoms with Gasteiger partial charge in [-0.05, 0) is 68.7 Å².